The molecule has 0 atom stereocenters. The maximum Gasteiger partial charge on any atom is 0.259 e. The van der Waals surface area contributed by atoms with Crippen molar-refractivity contribution in [1.29, 1.82) is 0 Å². The van der Waals surface area contributed by atoms with Crippen molar-refractivity contribution < 1.29 is 18.0 Å². The first-order valence-corrected chi connectivity index (χ1v) is 6.92. The Bertz CT molecular complexity index is 682. The van der Waals surface area contributed by atoms with Crippen molar-refractivity contribution in [2.75, 3.05) is 0 Å². The third kappa shape index (κ3) is 2.93. The number of benzene rings is 1. The van der Waals surface area contributed by atoms with E-state index in [0.717, 1.165) is 18.9 Å². The molecule has 1 fully saturated rings. The highest BCUT2D eigenvalue weighted by molar-refractivity contribution is 6.32. The Labute approximate surface area is 125 Å². The van der Waals surface area contributed by atoms with Crippen LogP contribution in [0.3, 0.4) is 0 Å². The van der Waals surface area contributed by atoms with Crippen LogP contribution in [0.4, 0.5) is 8.78 Å². The second-order valence-corrected chi connectivity index (χ2v) is 5.35. The van der Waals surface area contributed by atoms with Gasteiger partial charge in [0.2, 0.25) is 5.22 Å². The van der Waals surface area contributed by atoms with E-state index in [-0.39, 0.29) is 34.8 Å². The van der Waals surface area contributed by atoms with Crippen molar-refractivity contribution in [2.24, 2.45) is 0 Å². The van der Waals surface area contributed by atoms with Gasteiger partial charge in [-0.2, -0.15) is 0 Å². The lowest BCUT2D eigenvalue weighted by atomic mass is 10.1. The fraction of sp³-hybridized carbons (Fsp3) is 0.267. The third-order valence-electron chi connectivity index (χ3n) is 3.45. The lowest BCUT2D eigenvalue weighted by Crippen LogP contribution is -2.32. The van der Waals surface area contributed by atoms with Crippen molar-refractivity contribution in [1.82, 2.24) is 4.90 Å². The summed E-state index contributed by atoms with van der Waals surface area (Å²) in [4.78, 5) is 14.0. The quantitative estimate of drug-likeness (QED) is 0.854. The van der Waals surface area contributed by atoms with Crippen LogP contribution in [0.5, 0.6) is 0 Å². The Morgan fingerprint density at radius 1 is 1.33 bits per heavy atom. The summed E-state index contributed by atoms with van der Waals surface area (Å²) < 4.78 is 31.6. The fourth-order valence-electron chi connectivity index (χ4n) is 2.19. The predicted molar refractivity (Wildman–Crippen MR) is 73.0 cm³/mol. The fourth-order valence-corrected chi connectivity index (χ4v) is 2.38. The van der Waals surface area contributed by atoms with Crippen molar-refractivity contribution in [2.45, 2.75) is 25.4 Å². The molecule has 0 N–H and O–H groups in total. The van der Waals surface area contributed by atoms with Crippen LogP contribution in [0.2, 0.25) is 5.22 Å². The Balaban J connectivity index is 1.85. The molecule has 0 unspecified atom stereocenters. The van der Waals surface area contributed by atoms with Crippen molar-refractivity contribution >= 4 is 17.5 Å². The normalized spacial score (nSPS) is 14.2. The number of amides is 1. The van der Waals surface area contributed by atoms with Crippen molar-refractivity contribution in [3.63, 3.8) is 0 Å². The maximum absolute atomic E-state index is 13.8. The van der Waals surface area contributed by atoms with E-state index in [1.807, 2.05) is 0 Å². The minimum Gasteiger partial charge on any atom is -0.452 e. The van der Waals surface area contributed by atoms with Crippen LogP contribution in [0.1, 0.15) is 28.8 Å². The summed E-state index contributed by atoms with van der Waals surface area (Å²) in [5, 5.41) is 0.0187. The van der Waals surface area contributed by atoms with E-state index >= 15 is 0 Å². The van der Waals surface area contributed by atoms with Crippen LogP contribution in [-0.4, -0.2) is 16.8 Å². The van der Waals surface area contributed by atoms with Gasteiger partial charge >= 0.3 is 0 Å². The molecule has 3 rings (SSSR count). The van der Waals surface area contributed by atoms with Gasteiger partial charge in [-0.1, -0.05) is 6.07 Å². The van der Waals surface area contributed by atoms with Gasteiger partial charge in [0.25, 0.3) is 5.91 Å². The van der Waals surface area contributed by atoms with E-state index in [0.29, 0.717) is 0 Å². The van der Waals surface area contributed by atoms with Crippen molar-refractivity contribution in [3.8, 4) is 0 Å². The van der Waals surface area contributed by atoms with Crippen molar-refractivity contribution in [3.05, 3.63) is 58.5 Å². The molecule has 1 aromatic carbocycles. The molecule has 0 spiro atoms. The zero-order valence-corrected chi connectivity index (χ0v) is 11.7. The lowest BCUT2D eigenvalue weighted by Gasteiger charge is -2.22. The average molecular weight is 312 g/mol. The molecule has 0 saturated heterocycles. The molecule has 1 saturated carbocycles. The summed E-state index contributed by atoms with van der Waals surface area (Å²) >= 11 is 5.82. The molecule has 1 amide bonds. The smallest absolute Gasteiger partial charge is 0.259 e. The SMILES string of the molecule is O=C(c1ccoc1Cl)N(Cc1ccc(F)cc1F)C1CC1. The number of carbonyl (C=O) groups excluding carboxylic acids is 1. The van der Waals surface area contributed by atoms with Gasteiger partial charge in [-0.3, -0.25) is 4.79 Å². The summed E-state index contributed by atoms with van der Waals surface area (Å²) in [6.07, 6.45) is 3.06. The minimum atomic E-state index is -0.660. The molecule has 0 radical (unpaired) electrons. The number of nitrogens with zero attached hydrogens (tertiary/aromatic N) is 1. The van der Waals surface area contributed by atoms with Crippen LogP contribution < -0.4 is 0 Å². The molecule has 2 aromatic rings. The Hall–Kier alpha value is -1.88. The van der Waals surface area contributed by atoms with E-state index in [1.54, 1.807) is 4.90 Å². The van der Waals surface area contributed by atoms with Crippen LogP contribution >= 0.6 is 11.6 Å². The zero-order chi connectivity index (χ0) is 15.0. The summed E-state index contributed by atoms with van der Waals surface area (Å²) in [5.41, 5.74) is 0.530. The van der Waals surface area contributed by atoms with Gasteiger partial charge in [0, 0.05) is 24.2 Å². The van der Waals surface area contributed by atoms with E-state index in [1.165, 1.54) is 24.5 Å². The molecule has 0 bridgehead atoms. The molecule has 21 heavy (non-hydrogen) atoms. The minimum absolute atomic E-state index is 0.0187. The van der Waals surface area contributed by atoms with Crippen LogP contribution in [0.25, 0.3) is 0 Å². The van der Waals surface area contributed by atoms with Gasteiger partial charge in [-0.05, 0) is 36.6 Å². The van der Waals surface area contributed by atoms with Crippen LogP contribution in [0.15, 0.2) is 34.9 Å². The summed E-state index contributed by atoms with van der Waals surface area (Å²) in [6.45, 7) is 0.0805. The van der Waals surface area contributed by atoms with Crippen LogP contribution in [-0.2, 0) is 6.54 Å². The Morgan fingerprint density at radius 3 is 2.67 bits per heavy atom. The monoisotopic (exact) mass is 311 g/mol. The number of hydrogen-bond acceptors (Lipinski definition) is 2. The molecule has 0 aliphatic heterocycles. The molecule has 1 heterocycles. The average Bonchev–Trinajstić information content (AvgIpc) is 3.19. The summed E-state index contributed by atoms with van der Waals surface area (Å²) in [7, 11) is 0. The third-order valence-corrected chi connectivity index (χ3v) is 3.75. The molecule has 3 nitrogen and oxygen atoms in total. The molecular formula is C15H12ClF2NO2. The highest BCUT2D eigenvalue weighted by Gasteiger charge is 2.34. The van der Waals surface area contributed by atoms with Crippen LogP contribution in [0, 0.1) is 11.6 Å². The highest BCUT2D eigenvalue weighted by atomic mass is 35.5. The highest BCUT2D eigenvalue weighted by Crippen LogP contribution is 2.31. The van der Waals surface area contributed by atoms with E-state index < -0.39 is 11.6 Å². The first kappa shape index (κ1) is 14.1. The van der Waals surface area contributed by atoms with E-state index in [4.69, 9.17) is 16.0 Å². The largest absolute Gasteiger partial charge is 0.452 e. The lowest BCUT2D eigenvalue weighted by molar-refractivity contribution is 0.0728. The standard InChI is InChI=1S/C15H12ClF2NO2/c16-14-12(5-6-21-14)15(20)19(11-3-4-11)8-9-1-2-10(17)7-13(9)18/h1-2,5-7,11H,3-4,8H2. The first-order valence-electron chi connectivity index (χ1n) is 6.54. The van der Waals surface area contributed by atoms with Gasteiger partial charge in [-0.15, -0.1) is 0 Å². The molecule has 1 aromatic heterocycles. The number of rotatable bonds is 4. The Kier molecular flexibility index (Phi) is 3.68. The van der Waals surface area contributed by atoms with Gasteiger partial charge in [0.1, 0.15) is 11.6 Å². The molecule has 1 aliphatic carbocycles. The zero-order valence-electron chi connectivity index (χ0n) is 11.0. The van der Waals surface area contributed by atoms with Gasteiger partial charge in [-0.25, -0.2) is 8.78 Å². The number of hydrogen-bond donors (Lipinski definition) is 0. The van der Waals surface area contributed by atoms with Gasteiger partial charge in [0.05, 0.1) is 11.8 Å². The summed E-state index contributed by atoms with van der Waals surface area (Å²) in [6, 6.07) is 4.90. The number of furan rings is 1. The van der Waals surface area contributed by atoms with E-state index in [9.17, 15) is 13.6 Å². The molecule has 110 valence electrons. The number of carbonyl (C=O) groups is 1. The molecular weight excluding hydrogens is 300 g/mol. The second-order valence-electron chi connectivity index (χ2n) is 5.01. The maximum atomic E-state index is 13.8. The van der Waals surface area contributed by atoms with Gasteiger partial charge in [0.15, 0.2) is 0 Å². The Morgan fingerprint density at radius 2 is 2.10 bits per heavy atom. The molecule has 6 heteroatoms. The first-order chi connectivity index (χ1) is 10.1. The van der Waals surface area contributed by atoms with Gasteiger partial charge < -0.3 is 9.32 Å². The predicted octanol–water partition coefficient (Wildman–Crippen LogP) is 4.02. The number of halogens is 3. The second kappa shape index (κ2) is 5.48. The van der Waals surface area contributed by atoms with E-state index in [2.05, 4.69) is 0 Å². The molecule has 1 aliphatic rings. The summed E-state index contributed by atoms with van der Waals surface area (Å²) in [5.74, 6) is -1.61. The topological polar surface area (TPSA) is 33.5 Å².